The minimum absolute atomic E-state index is 0.145. The van der Waals surface area contributed by atoms with Crippen molar-refractivity contribution < 1.29 is 19.4 Å². The van der Waals surface area contributed by atoms with Crippen LogP contribution >= 0.6 is 0 Å². The van der Waals surface area contributed by atoms with Crippen molar-refractivity contribution in [3.8, 4) is 0 Å². The Bertz CT molecular complexity index is 257. The molecule has 0 saturated heterocycles. The monoisotopic (exact) mass is 258 g/mol. The van der Waals surface area contributed by atoms with Crippen molar-refractivity contribution in [3.63, 3.8) is 0 Å². The lowest BCUT2D eigenvalue weighted by molar-refractivity contribution is -0.162. The Labute approximate surface area is 110 Å². The van der Waals surface area contributed by atoms with E-state index in [2.05, 4.69) is 6.92 Å². The zero-order valence-electron chi connectivity index (χ0n) is 11.8. The second-order valence-corrected chi connectivity index (χ2v) is 4.75. The van der Waals surface area contributed by atoms with E-state index in [4.69, 9.17) is 9.84 Å². The van der Waals surface area contributed by atoms with Crippen LogP contribution in [-0.2, 0) is 14.3 Å². The molecule has 1 N–H and O–H groups in total. The third-order valence-electron chi connectivity index (χ3n) is 3.51. The van der Waals surface area contributed by atoms with Gasteiger partial charge in [0.15, 0.2) is 0 Å². The topological polar surface area (TPSA) is 63.6 Å². The van der Waals surface area contributed by atoms with Gasteiger partial charge in [0.1, 0.15) is 0 Å². The van der Waals surface area contributed by atoms with E-state index in [1.807, 2.05) is 13.8 Å². The summed E-state index contributed by atoms with van der Waals surface area (Å²) >= 11 is 0. The Morgan fingerprint density at radius 3 is 2.11 bits per heavy atom. The summed E-state index contributed by atoms with van der Waals surface area (Å²) < 4.78 is 5.23. The molecule has 106 valence electrons. The number of ether oxygens (including phenoxy) is 1. The van der Waals surface area contributed by atoms with Crippen molar-refractivity contribution in [3.05, 3.63) is 0 Å². The molecule has 0 spiro atoms. The standard InChI is InChI=1S/C14H26O4/c1-4-7-8-9-10-18-13(17)14(5-2,6-3)11-12(15)16/h4-11H2,1-3H3,(H,15,16). The molecule has 0 saturated carbocycles. The van der Waals surface area contributed by atoms with E-state index < -0.39 is 11.4 Å². The van der Waals surface area contributed by atoms with Crippen molar-refractivity contribution in [2.75, 3.05) is 6.61 Å². The predicted octanol–water partition coefficient (Wildman–Crippen LogP) is 3.39. The maximum atomic E-state index is 12.0. The van der Waals surface area contributed by atoms with Crippen LogP contribution in [0.4, 0.5) is 0 Å². The van der Waals surface area contributed by atoms with Crippen LogP contribution in [0.2, 0.25) is 0 Å². The van der Waals surface area contributed by atoms with Crippen molar-refractivity contribution in [1.82, 2.24) is 0 Å². The highest BCUT2D eigenvalue weighted by Crippen LogP contribution is 2.32. The molecule has 0 amide bonds. The summed E-state index contributed by atoms with van der Waals surface area (Å²) in [5.74, 6) is -1.30. The summed E-state index contributed by atoms with van der Waals surface area (Å²) in [6.07, 6.45) is 5.05. The molecule has 0 rings (SSSR count). The molecule has 0 fully saturated rings. The molecule has 0 aromatic carbocycles. The SMILES string of the molecule is CCCCCCOC(=O)C(CC)(CC)CC(=O)O. The van der Waals surface area contributed by atoms with E-state index in [1.165, 1.54) is 0 Å². The van der Waals surface area contributed by atoms with Crippen molar-refractivity contribution in [1.29, 1.82) is 0 Å². The summed E-state index contributed by atoms with van der Waals surface area (Å²) in [7, 11) is 0. The Morgan fingerprint density at radius 1 is 1.06 bits per heavy atom. The molecule has 0 aliphatic rings. The van der Waals surface area contributed by atoms with Gasteiger partial charge in [-0.2, -0.15) is 0 Å². The second-order valence-electron chi connectivity index (χ2n) is 4.75. The van der Waals surface area contributed by atoms with Gasteiger partial charge in [-0.1, -0.05) is 40.0 Å². The molecule has 0 aromatic heterocycles. The lowest BCUT2D eigenvalue weighted by Crippen LogP contribution is -2.34. The first kappa shape index (κ1) is 16.9. The number of hydrogen-bond acceptors (Lipinski definition) is 3. The fourth-order valence-corrected chi connectivity index (χ4v) is 2.00. The van der Waals surface area contributed by atoms with Gasteiger partial charge >= 0.3 is 11.9 Å². The van der Waals surface area contributed by atoms with E-state index in [-0.39, 0.29) is 12.4 Å². The zero-order chi connectivity index (χ0) is 14.0. The quantitative estimate of drug-likeness (QED) is 0.482. The average molecular weight is 258 g/mol. The second kappa shape index (κ2) is 8.95. The molecule has 4 nitrogen and oxygen atoms in total. The number of carbonyl (C=O) groups is 2. The lowest BCUT2D eigenvalue weighted by atomic mass is 9.79. The number of aliphatic carboxylic acids is 1. The molecule has 0 bridgehead atoms. The van der Waals surface area contributed by atoms with E-state index in [0.717, 1.165) is 25.7 Å². The molecule has 0 heterocycles. The van der Waals surface area contributed by atoms with Crippen LogP contribution in [0.15, 0.2) is 0 Å². The van der Waals surface area contributed by atoms with Gasteiger partial charge in [0, 0.05) is 0 Å². The average Bonchev–Trinajstić information content (AvgIpc) is 2.35. The number of esters is 1. The first-order chi connectivity index (χ1) is 8.52. The number of hydrogen-bond donors (Lipinski definition) is 1. The van der Waals surface area contributed by atoms with Gasteiger partial charge in [-0.05, 0) is 19.3 Å². The van der Waals surface area contributed by atoms with E-state index >= 15 is 0 Å². The van der Waals surface area contributed by atoms with E-state index in [0.29, 0.717) is 19.4 Å². The molecule has 0 aromatic rings. The molecule has 0 aliphatic carbocycles. The largest absolute Gasteiger partial charge is 0.481 e. The summed E-state index contributed by atoms with van der Waals surface area (Å²) in [6, 6.07) is 0. The highest BCUT2D eigenvalue weighted by atomic mass is 16.5. The fourth-order valence-electron chi connectivity index (χ4n) is 2.00. The van der Waals surface area contributed by atoms with Crippen LogP contribution < -0.4 is 0 Å². The summed E-state index contributed by atoms with van der Waals surface area (Å²) in [5, 5.41) is 8.89. The highest BCUT2D eigenvalue weighted by Gasteiger charge is 2.38. The first-order valence-electron chi connectivity index (χ1n) is 6.91. The predicted molar refractivity (Wildman–Crippen MR) is 70.4 cm³/mol. The summed E-state index contributed by atoms with van der Waals surface area (Å²) in [5.41, 5.74) is -0.851. The van der Waals surface area contributed by atoms with Crippen molar-refractivity contribution in [2.45, 2.75) is 65.7 Å². The molecular formula is C14H26O4. The lowest BCUT2D eigenvalue weighted by Gasteiger charge is -2.27. The van der Waals surface area contributed by atoms with Gasteiger partial charge in [0.05, 0.1) is 18.4 Å². The van der Waals surface area contributed by atoms with Gasteiger partial charge < -0.3 is 9.84 Å². The molecule has 0 unspecified atom stereocenters. The maximum Gasteiger partial charge on any atom is 0.312 e. The molecular weight excluding hydrogens is 232 g/mol. The number of unbranched alkanes of at least 4 members (excludes halogenated alkanes) is 3. The number of carboxylic acid groups (broad SMARTS) is 1. The van der Waals surface area contributed by atoms with Gasteiger partial charge in [0.25, 0.3) is 0 Å². The Morgan fingerprint density at radius 2 is 1.67 bits per heavy atom. The van der Waals surface area contributed by atoms with Crippen molar-refractivity contribution in [2.24, 2.45) is 5.41 Å². The van der Waals surface area contributed by atoms with Crippen LogP contribution in [0, 0.1) is 5.41 Å². The minimum Gasteiger partial charge on any atom is -0.481 e. The molecule has 4 heteroatoms. The van der Waals surface area contributed by atoms with Crippen LogP contribution in [0.3, 0.4) is 0 Å². The van der Waals surface area contributed by atoms with Gasteiger partial charge in [-0.3, -0.25) is 9.59 Å². The van der Waals surface area contributed by atoms with E-state index in [9.17, 15) is 9.59 Å². The molecule has 0 aliphatic heterocycles. The third kappa shape index (κ3) is 5.52. The minimum atomic E-state index is -0.943. The molecule has 0 atom stereocenters. The van der Waals surface area contributed by atoms with Crippen LogP contribution in [0.1, 0.15) is 65.7 Å². The normalized spacial score (nSPS) is 11.3. The number of carboxylic acids is 1. The van der Waals surface area contributed by atoms with Gasteiger partial charge in [0.2, 0.25) is 0 Å². The van der Waals surface area contributed by atoms with Crippen LogP contribution in [0.5, 0.6) is 0 Å². The zero-order valence-corrected chi connectivity index (χ0v) is 11.8. The van der Waals surface area contributed by atoms with Gasteiger partial charge in [-0.15, -0.1) is 0 Å². The Kier molecular flexibility index (Phi) is 8.42. The summed E-state index contributed by atoms with van der Waals surface area (Å²) in [4.78, 5) is 22.9. The van der Waals surface area contributed by atoms with Gasteiger partial charge in [-0.25, -0.2) is 0 Å². The molecule has 18 heavy (non-hydrogen) atoms. The third-order valence-corrected chi connectivity index (χ3v) is 3.51. The van der Waals surface area contributed by atoms with Crippen LogP contribution in [-0.4, -0.2) is 23.7 Å². The van der Waals surface area contributed by atoms with Crippen LogP contribution in [0.25, 0.3) is 0 Å². The Hall–Kier alpha value is -1.06. The number of rotatable bonds is 10. The smallest absolute Gasteiger partial charge is 0.312 e. The highest BCUT2D eigenvalue weighted by molar-refractivity contribution is 5.82. The summed E-state index contributed by atoms with van der Waals surface area (Å²) in [6.45, 7) is 6.20. The fraction of sp³-hybridized carbons (Fsp3) is 0.857. The molecule has 0 radical (unpaired) electrons. The maximum absolute atomic E-state index is 12.0. The van der Waals surface area contributed by atoms with E-state index in [1.54, 1.807) is 0 Å². The van der Waals surface area contributed by atoms with Crippen molar-refractivity contribution >= 4 is 11.9 Å². The number of carbonyl (C=O) groups excluding carboxylic acids is 1. The first-order valence-corrected chi connectivity index (χ1v) is 6.91. The Balaban J connectivity index is 4.26.